The van der Waals surface area contributed by atoms with E-state index in [1.54, 1.807) is 4.90 Å². The summed E-state index contributed by atoms with van der Waals surface area (Å²) in [6.45, 7) is 4.37. The maximum atomic E-state index is 13.0. The molecule has 5 rings (SSSR count). The molecule has 0 aromatic heterocycles. The Kier molecular flexibility index (Phi) is 5.33. The highest BCUT2D eigenvalue weighted by atomic mass is 16.2. The van der Waals surface area contributed by atoms with Crippen molar-refractivity contribution in [1.29, 1.82) is 0 Å². The molecule has 160 valence electrons. The van der Waals surface area contributed by atoms with E-state index in [1.165, 1.54) is 31.2 Å². The summed E-state index contributed by atoms with van der Waals surface area (Å²) < 4.78 is 0. The first kappa shape index (κ1) is 19.7. The predicted molar refractivity (Wildman–Crippen MR) is 112 cm³/mol. The number of fused-ring (bicyclic) bond motifs is 1. The van der Waals surface area contributed by atoms with E-state index >= 15 is 0 Å². The molecule has 7 nitrogen and oxygen atoms in total. The summed E-state index contributed by atoms with van der Waals surface area (Å²) >= 11 is 0. The molecule has 1 aliphatic carbocycles. The van der Waals surface area contributed by atoms with Crippen molar-refractivity contribution in [2.75, 3.05) is 19.6 Å². The summed E-state index contributed by atoms with van der Waals surface area (Å²) in [5.74, 6) is 0.0939. The maximum Gasteiger partial charge on any atom is 0.255 e. The van der Waals surface area contributed by atoms with Gasteiger partial charge in [-0.05, 0) is 42.4 Å². The third-order valence-corrected chi connectivity index (χ3v) is 7.33. The number of hydrogen-bond donors (Lipinski definition) is 2. The van der Waals surface area contributed by atoms with Crippen molar-refractivity contribution in [2.45, 2.75) is 63.7 Å². The molecule has 3 aliphatic heterocycles. The highest BCUT2D eigenvalue weighted by Gasteiger charge is 2.40. The Hall–Kier alpha value is -2.25. The number of piperazine rings is 1. The van der Waals surface area contributed by atoms with Gasteiger partial charge in [0.1, 0.15) is 6.04 Å². The quantitative estimate of drug-likeness (QED) is 0.734. The summed E-state index contributed by atoms with van der Waals surface area (Å²) in [7, 11) is 0. The molecular weight excluding hydrogens is 380 g/mol. The number of carbonyl (C=O) groups is 3. The third kappa shape index (κ3) is 3.65. The van der Waals surface area contributed by atoms with Crippen LogP contribution in [-0.2, 0) is 22.7 Å². The van der Waals surface area contributed by atoms with E-state index < -0.39 is 6.04 Å². The van der Waals surface area contributed by atoms with E-state index in [4.69, 9.17) is 0 Å². The first-order chi connectivity index (χ1) is 14.6. The Bertz CT molecular complexity index is 864. The van der Waals surface area contributed by atoms with Gasteiger partial charge < -0.3 is 10.2 Å². The molecule has 2 saturated heterocycles. The number of rotatable bonds is 4. The lowest BCUT2D eigenvalue weighted by atomic mass is 9.95. The van der Waals surface area contributed by atoms with Gasteiger partial charge in [-0.25, -0.2) is 0 Å². The van der Waals surface area contributed by atoms with Gasteiger partial charge in [0.2, 0.25) is 11.8 Å². The van der Waals surface area contributed by atoms with E-state index in [0.29, 0.717) is 24.6 Å². The van der Waals surface area contributed by atoms with Crippen LogP contribution in [0, 0.1) is 5.92 Å². The zero-order valence-electron chi connectivity index (χ0n) is 17.4. The van der Waals surface area contributed by atoms with E-state index in [-0.39, 0.29) is 24.1 Å². The Balaban J connectivity index is 1.30. The van der Waals surface area contributed by atoms with Gasteiger partial charge >= 0.3 is 0 Å². The Morgan fingerprint density at radius 1 is 1.07 bits per heavy atom. The lowest BCUT2D eigenvalue weighted by Gasteiger charge is -2.37. The number of piperidine rings is 1. The molecule has 3 fully saturated rings. The SMILES string of the molecule is O=C1CCC(N2Cc3c(CN4CCNC(C5CCCC5)C4)cccc3C2=O)C(=O)N1. The van der Waals surface area contributed by atoms with Gasteiger partial charge in [0, 0.05) is 50.7 Å². The van der Waals surface area contributed by atoms with E-state index in [2.05, 4.69) is 21.6 Å². The molecule has 1 aromatic rings. The first-order valence-electron chi connectivity index (χ1n) is 11.3. The zero-order chi connectivity index (χ0) is 20.7. The monoisotopic (exact) mass is 410 g/mol. The van der Waals surface area contributed by atoms with Gasteiger partial charge in [-0.15, -0.1) is 0 Å². The number of imide groups is 1. The minimum absolute atomic E-state index is 0.0921. The van der Waals surface area contributed by atoms with Crippen molar-refractivity contribution in [3.63, 3.8) is 0 Å². The second kappa shape index (κ2) is 8.12. The zero-order valence-corrected chi connectivity index (χ0v) is 17.4. The van der Waals surface area contributed by atoms with Gasteiger partial charge in [-0.3, -0.25) is 24.6 Å². The lowest BCUT2D eigenvalue weighted by molar-refractivity contribution is -0.136. The molecule has 4 aliphatic rings. The van der Waals surface area contributed by atoms with Crippen molar-refractivity contribution in [3.05, 3.63) is 34.9 Å². The Morgan fingerprint density at radius 3 is 2.70 bits per heavy atom. The van der Waals surface area contributed by atoms with Crippen LogP contribution in [0.5, 0.6) is 0 Å². The molecule has 3 amide bonds. The molecular formula is C23H30N4O3. The second-order valence-electron chi connectivity index (χ2n) is 9.18. The molecule has 7 heteroatoms. The van der Waals surface area contributed by atoms with Gasteiger partial charge in [0.15, 0.2) is 0 Å². The smallest absolute Gasteiger partial charge is 0.255 e. The maximum absolute atomic E-state index is 13.0. The van der Waals surface area contributed by atoms with E-state index in [0.717, 1.165) is 37.7 Å². The van der Waals surface area contributed by atoms with Crippen LogP contribution >= 0.6 is 0 Å². The molecule has 0 bridgehead atoms. The fourth-order valence-electron chi connectivity index (χ4n) is 5.70. The molecule has 2 atom stereocenters. The average molecular weight is 411 g/mol. The van der Waals surface area contributed by atoms with Crippen molar-refractivity contribution in [1.82, 2.24) is 20.4 Å². The van der Waals surface area contributed by atoms with Crippen molar-refractivity contribution >= 4 is 17.7 Å². The van der Waals surface area contributed by atoms with Crippen LogP contribution in [0.2, 0.25) is 0 Å². The van der Waals surface area contributed by atoms with Crippen molar-refractivity contribution < 1.29 is 14.4 Å². The van der Waals surface area contributed by atoms with Crippen LogP contribution in [0.3, 0.4) is 0 Å². The molecule has 3 heterocycles. The largest absolute Gasteiger partial charge is 0.322 e. The second-order valence-corrected chi connectivity index (χ2v) is 9.18. The molecule has 30 heavy (non-hydrogen) atoms. The fraction of sp³-hybridized carbons (Fsp3) is 0.609. The normalized spacial score (nSPS) is 28.1. The minimum Gasteiger partial charge on any atom is -0.322 e. The molecule has 1 saturated carbocycles. The fourth-order valence-corrected chi connectivity index (χ4v) is 5.70. The standard InChI is InChI=1S/C23H30N4O3/c28-21-9-8-20(22(29)25-21)27-13-18-16(6-3-7-17(18)23(27)30)12-26-11-10-24-19(14-26)15-4-1-2-5-15/h3,6-7,15,19-20,24H,1-2,4-5,8-14H2,(H,25,28,29). The van der Waals surface area contributed by atoms with Crippen LogP contribution in [0.25, 0.3) is 0 Å². The number of nitrogens with one attached hydrogen (secondary N) is 2. The van der Waals surface area contributed by atoms with Gasteiger partial charge in [-0.1, -0.05) is 25.0 Å². The third-order valence-electron chi connectivity index (χ3n) is 7.33. The molecule has 1 aromatic carbocycles. The highest BCUT2D eigenvalue weighted by Crippen LogP contribution is 2.32. The minimum atomic E-state index is -0.554. The van der Waals surface area contributed by atoms with Crippen LogP contribution in [0.4, 0.5) is 0 Å². The average Bonchev–Trinajstić information content (AvgIpc) is 3.38. The Labute approximate surface area is 177 Å². The van der Waals surface area contributed by atoms with Crippen molar-refractivity contribution in [3.8, 4) is 0 Å². The Morgan fingerprint density at radius 2 is 1.90 bits per heavy atom. The number of carbonyl (C=O) groups excluding carboxylic acids is 3. The summed E-state index contributed by atoms with van der Waals surface area (Å²) in [6, 6.07) is 5.95. The summed E-state index contributed by atoms with van der Waals surface area (Å²) in [5, 5.41) is 6.10. The van der Waals surface area contributed by atoms with E-state index in [1.807, 2.05) is 12.1 Å². The number of benzene rings is 1. The van der Waals surface area contributed by atoms with Gasteiger partial charge in [0.25, 0.3) is 5.91 Å². The van der Waals surface area contributed by atoms with Crippen LogP contribution in [0.1, 0.15) is 60.0 Å². The van der Waals surface area contributed by atoms with Gasteiger partial charge in [0.05, 0.1) is 0 Å². The summed E-state index contributed by atoms with van der Waals surface area (Å²) in [6.07, 6.45) is 6.07. The molecule has 2 N–H and O–H groups in total. The lowest BCUT2D eigenvalue weighted by Crippen LogP contribution is -2.53. The molecule has 0 radical (unpaired) electrons. The number of nitrogens with zero attached hydrogens (tertiary/aromatic N) is 2. The summed E-state index contributed by atoms with van der Waals surface area (Å²) in [5.41, 5.74) is 2.94. The van der Waals surface area contributed by atoms with Crippen LogP contribution in [0.15, 0.2) is 18.2 Å². The van der Waals surface area contributed by atoms with E-state index in [9.17, 15) is 14.4 Å². The molecule has 0 spiro atoms. The first-order valence-corrected chi connectivity index (χ1v) is 11.3. The van der Waals surface area contributed by atoms with Crippen molar-refractivity contribution in [2.24, 2.45) is 5.92 Å². The number of amides is 3. The predicted octanol–water partition coefficient (Wildman–Crippen LogP) is 1.41. The number of hydrogen-bond acceptors (Lipinski definition) is 5. The molecule has 2 unspecified atom stereocenters. The topological polar surface area (TPSA) is 81.8 Å². The highest BCUT2D eigenvalue weighted by molar-refractivity contribution is 6.05. The van der Waals surface area contributed by atoms with Crippen LogP contribution < -0.4 is 10.6 Å². The van der Waals surface area contributed by atoms with Crippen LogP contribution in [-0.4, -0.2) is 59.2 Å². The summed E-state index contributed by atoms with van der Waals surface area (Å²) in [4.78, 5) is 41.0. The van der Waals surface area contributed by atoms with Gasteiger partial charge in [-0.2, -0.15) is 0 Å².